The second-order valence-electron chi connectivity index (χ2n) is 3.60. The Hall–Kier alpha value is -2.12. The van der Waals surface area contributed by atoms with Crippen molar-refractivity contribution in [2.75, 3.05) is 5.43 Å². The summed E-state index contributed by atoms with van der Waals surface area (Å²) in [5.74, 6) is 5.36. The zero-order valence-electron chi connectivity index (χ0n) is 9.21. The molecular weight excluding hydrogens is 258 g/mol. The first kappa shape index (κ1) is 12.3. The van der Waals surface area contributed by atoms with E-state index in [4.69, 9.17) is 17.4 Å². The number of rotatable bonds is 4. The van der Waals surface area contributed by atoms with Crippen molar-refractivity contribution in [1.29, 1.82) is 0 Å². The average Bonchev–Trinajstić information content (AvgIpc) is 2.74. The summed E-state index contributed by atoms with van der Waals surface area (Å²) >= 11 is 5.75. The zero-order chi connectivity index (χ0) is 13.1. The summed E-state index contributed by atoms with van der Waals surface area (Å²) in [6.07, 6.45) is 3.12. The fraction of sp³-hybridized carbons (Fsp3) is 0.100. The molecule has 0 spiro atoms. The second-order valence-corrected chi connectivity index (χ2v) is 4.04. The molecular formula is C10H10ClN5O2. The van der Waals surface area contributed by atoms with Crippen molar-refractivity contribution in [3.63, 3.8) is 0 Å². The van der Waals surface area contributed by atoms with Gasteiger partial charge in [-0.3, -0.25) is 20.6 Å². The molecule has 8 heteroatoms. The molecule has 0 aliphatic heterocycles. The van der Waals surface area contributed by atoms with Gasteiger partial charge in [0.1, 0.15) is 0 Å². The molecule has 0 aliphatic carbocycles. The molecule has 2 rings (SSSR count). The van der Waals surface area contributed by atoms with Gasteiger partial charge in [-0.2, -0.15) is 5.10 Å². The Bertz CT molecular complexity index is 583. The summed E-state index contributed by atoms with van der Waals surface area (Å²) in [6.45, 7) is 0.341. The number of nitrogen functional groups attached to an aromatic ring is 1. The molecule has 7 nitrogen and oxygen atoms in total. The molecule has 0 amide bonds. The predicted molar refractivity (Wildman–Crippen MR) is 67.2 cm³/mol. The number of hydrogen-bond donors (Lipinski definition) is 2. The van der Waals surface area contributed by atoms with Gasteiger partial charge in [-0.15, -0.1) is 0 Å². The first-order chi connectivity index (χ1) is 8.60. The van der Waals surface area contributed by atoms with E-state index in [0.29, 0.717) is 22.8 Å². The molecule has 0 saturated heterocycles. The third-order valence-corrected chi connectivity index (χ3v) is 2.58. The number of nitro benzene ring substituents is 1. The minimum atomic E-state index is -0.458. The van der Waals surface area contributed by atoms with Gasteiger partial charge in [0.15, 0.2) is 0 Å². The van der Waals surface area contributed by atoms with Crippen molar-refractivity contribution in [2.45, 2.75) is 6.54 Å². The van der Waals surface area contributed by atoms with Crippen LogP contribution in [0.5, 0.6) is 0 Å². The third kappa shape index (κ3) is 2.58. The highest BCUT2D eigenvalue weighted by Crippen LogP contribution is 2.22. The summed E-state index contributed by atoms with van der Waals surface area (Å²) in [4.78, 5) is 10.3. The molecule has 18 heavy (non-hydrogen) atoms. The Balaban J connectivity index is 2.35. The number of benzene rings is 1. The Kier molecular flexibility index (Phi) is 3.45. The van der Waals surface area contributed by atoms with Gasteiger partial charge in [0.25, 0.3) is 5.69 Å². The third-order valence-electron chi connectivity index (χ3n) is 2.39. The van der Waals surface area contributed by atoms with Gasteiger partial charge >= 0.3 is 0 Å². The minimum Gasteiger partial charge on any atom is -0.324 e. The highest BCUT2D eigenvalue weighted by atomic mass is 35.5. The summed E-state index contributed by atoms with van der Waals surface area (Å²) < 4.78 is 1.57. The SMILES string of the molecule is NNc1ccc([N+](=O)[O-])cc1Cn1cc(Cl)cn1. The number of nitro groups is 1. The quantitative estimate of drug-likeness (QED) is 0.500. The molecule has 0 saturated carbocycles. The molecule has 94 valence electrons. The predicted octanol–water partition coefficient (Wildman–Crippen LogP) is 1.78. The van der Waals surface area contributed by atoms with Crippen molar-refractivity contribution in [1.82, 2.24) is 9.78 Å². The average molecular weight is 268 g/mol. The van der Waals surface area contributed by atoms with Gasteiger partial charge in [0.2, 0.25) is 0 Å². The number of nitrogens with one attached hydrogen (secondary N) is 1. The molecule has 0 bridgehead atoms. The van der Waals surface area contributed by atoms with Crippen molar-refractivity contribution < 1.29 is 4.92 Å². The minimum absolute atomic E-state index is 0.00209. The van der Waals surface area contributed by atoms with Crippen LogP contribution in [0.3, 0.4) is 0 Å². The molecule has 0 atom stereocenters. The summed E-state index contributed by atoms with van der Waals surface area (Å²) in [5, 5.41) is 15.2. The van der Waals surface area contributed by atoms with E-state index in [0.717, 1.165) is 0 Å². The number of anilines is 1. The largest absolute Gasteiger partial charge is 0.324 e. The number of aromatic nitrogens is 2. The molecule has 0 fully saturated rings. The van der Waals surface area contributed by atoms with Crippen LogP contribution in [0.4, 0.5) is 11.4 Å². The Morgan fingerprint density at radius 3 is 2.89 bits per heavy atom. The lowest BCUT2D eigenvalue weighted by atomic mass is 10.1. The lowest BCUT2D eigenvalue weighted by Crippen LogP contribution is -2.11. The van der Waals surface area contributed by atoms with Crippen LogP contribution in [0.25, 0.3) is 0 Å². The Morgan fingerprint density at radius 2 is 2.33 bits per heavy atom. The first-order valence-electron chi connectivity index (χ1n) is 5.02. The normalized spacial score (nSPS) is 10.3. The molecule has 1 heterocycles. The van der Waals surface area contributed by atoms with Gasteiger partial charge in [-0.25, -0.2) is 0 Å². The zero-order valence-corrected chi connectivity index (χ0v) is 9.96. The van der Waals surface area contributed by atoms with Crippen LogP contribution in [0.2, 0.25) is 5.02 Å². The van der Waals surface area contributed by atoms with Crippen LogP contribution in [-0.2, 0) is 6.54 Å². The standard InChI is InChI=1S/C10H10ClN5O2/c11-8-4-13-15(6-8)5-7-3-9(16(17)18)1-2-10(7)14-12/h1-4,6,14H,5,12H2. The number of hydrazine groups is 1. The lowest BCUT2D eigenvalue weighted by molar-refractivity contribution is -0.384. The number of nitrogens with two attached hydrogens (primary N) is 1. The second kappa shape index (κ2) is 5.03. The highest BCUT2D eigenvalue weighted by Gasteiger charge is 2.11. The topological polar surface area (TPSA) is 99.0 Å². The van der Waals surface area contributed by atoms with E-state index in [2.05, 4.69) is 10.5 Å². The maximum absolute atomic E-state index is 10.7. The van der Waals surface area contributed by atoms with Crippen molar-refractivity contribution in [3.8, 4) is 0 Å². The van der Waals surface area contributed by atoms with E-state index in [1.54, 1.807) is 16.9 Å². The van der Waals surface area contributed by atoms with Crippen LogP contribution in [0, 0.1) is 10.1 Å². The molecule has 2 aromatic rings. The molecule has 1 aromatic carbocycles. The van der Waals surface area contributed by atoms with Crippen LogP contribution in [-0.4, -0.2) is 14.7 Å². The molecule has 0 radical (unpaired) electrons. The van der Waals surface area contributed by atoms with Crippen molar-refractivity contribution >= 4 is 23.0 Å². The van der Waals surface area contributed by atoms with E-state index in [1.807, 2.05) is 0 Å². The van der Waals surface area contributed by atoms with E-state index < -0.39 is 4.92 Å². The smallest absolute Gasteiger partial charge is 0.269 e. The van der Waals surface area contributed by atoms with Gasteiger partial charge in [0, 0.05) is 23.9 Å². The van der Waals surface area contributed by atoms with Gasteiger partial charge < -0.3 is 5.43 Å². The van der Waals surface area contributed by atoms with Crippen LogP contribution >= 0.6 is 11.6 Å². The maximum Gasteiger partial charge on any atom is 0.269 e. The first-order valence-corrected chi connectivity index (χ1v) is 5.40. The monoisotopic (exact) mass is 267 g/mol. The number of halogens is 1. The van der Waals surface area contributed by atoms with Crippen LogP contribution < -0.4 is 11.3 Å². The van der Waals surface area contributed by atoms with Crippen molar-refractivity contribution in [3.05, 3.63) is 51.3 Å². The van der Waals surface area contributed by atoms with E-state index in [-0.39, 0.29) is 5.69 Å². The lowest BCUT2D eigenvalue weighted by Gasteiger charge is -2.08. The van der Waals surface area contributed by atoms with E-state index in [9.17, 15) is 10.1 Å². The van der Waals surface area contributed by atoms with Gasteiger partial charge in [0.05, 0.1) is 28.4 Å². The fourth-order valence-corrected chi connectivity index (χ4v) is 1.72. The summed E-state index contributed by atoms with van der Waals surface area (Å²) in [5.41, 5.74) is 3.76. The van der Waals surface area contributed by atoms with Crippen molar-refractivity contribution in [2.24, 2.45) is 5.84 Å². The van der Waals surface area contributed by atoms with Crippen LogP contribution in [0.1, 0.15) is 5.56 Å². The summed E-state index contributed by atoms with van der Waals surface area (Å²) in [6, 6.07) is 4.39. The summed E-state index contributed by atoms with van der Waals surface area (Å²) in [7, 11) is 0. The molecule has 3 N–H and O–H groups in total. The highest BCUT2D eigenvalue weighted by molar-refractivity contribution is 6.30. The maximum atomic E-state index is 10.7. The van der Waals surface area contributed by atoms with Gasteiger partial charge in [-0.1, -0.05) is 11.6 Å². The fourth-order valence-electron chi connectivity index (χ4n) is 1.56. The van der Waals surface area contributed by atoms with Gasteiger partial charge in [-0.05, 0) is 6.07 Å². The number of nitrogens with zero attached hydrogens (tertiary/aromatic N) is 3. The molecule has 0 aliphatic rings. The van der Waals surface area contributed by atoms with Crippen LogP contribution in [0.15, 0.2) is 30.6 Å². The molecule has 0 unspecified atom stereocenters. The van der Waals surface area contributed by atoms with E-state index in [1.165, 1.54) is 18.3 Å². The Labute approximate surface area is 107 Å². The van der Waals surface area contributed by atoms with E-state index >= 15 is 0 Å². The Morgan fingerprint density at radius 1 is 1.56 bits per heavy atom. The number of non-ortho nitro benzene ring substituents is 1. The molecule has 1 aromatic heterocycles. The number of hydrogen-bond acceptors (Lipinski definition) is 5.